The Hall–Kier alpha value is -7.48. The molecule has 0 aliphatic rings. The average molecular weight is 723 g/mol. The maximum Gasteiger partial charge on any atom is 0.143 e. The number of furan rings is 1. The molecular weight excluding hydrogens is 689 g/mol. The summed E-state index contributed by atoms with van der Waals surface area (Å²) in [6.45, 7) is 0. The topological polar surface area (TPSA) is 13.1 Å². The molecule has 264 valence electrons. The van der Waals surface area contributed by atoms with Crippen LogP contribution in [0.1, 0.15) is 0 Å². The minimum absolute atomic E-state index is 0.906. The van der Waals surface area contributed by atoms with Gasteiger partial charge in [0.2, 0.25) is 0 Å². The molecule has 0 saturated heterocycles. The van der Waals surface area contributed by atoms with Crippen LogP contribution in [0.5, 0.6) is 0 Å². The largest absolute Gasteiger partial charge is 0.455 e. The molecule has 0 unspecified atom stereocenters. The quantitative estimate of drug-likeness (QED) is 0.130. The van der Waals surface area contributed by atoms with Crippen LogP contribution in [0.15, 0.2) is 211 Å². The highest BCUT2D eigenvalue weighted by atomic mass is 16.3. The Morgan fingerprint density at radius 2 is 0.684 bits per heavy atom. The molecule has 1 nitrogen and oxygen atoms in total. The zero-order valence-electron chi connectivity index (χ0n) is 31.0. The van der Waals surface area contributed by atoms with E-state index in [1.54, 1.807) is 0 Å². The van der Waals surface area contributed by atoms with Gasteiger partial charge in [0.15, 0.2) is 0 Å². The Bertz CT molecular complexity index is 3530. The molecule has 0 bridgehead atoms. The summed E-state index contributed by atoms with van der Waals surface area (Å²) in [5.41, 5.74) is 11.6. The van der Waals surface area contributed by atoms with Crippen molar-refractivity contribution in [3.05, 3.63) is 206 Å². The van der Waals surface area contributed by atoms with E-state index in [4.69, 9.17) is 4.42 Å². The molecule has 0 saturated carbocycles. The van der Waals surface area contributed by atoms with Crippen molar-refractivity contribution >= 4 is 75.8 Å². The van der Waals surface area contributed by atoms with Crippen LogP contribution in [0.2, 0.25) is 0 Å². The van der Waals surface area contributed by atoms with Gasteiger partial charge < -0.3 is 4.42 Å². The van der Waals surface area contributed by atoms with E-state index < -0.39 is 0 Å². The zero-order chi connectivity index (χ0) is 37.5. The van der Waals surface area contributed by atoms with Crippen molar-refractivity contribution in [3.8, 4) is 44.5 Å². The van der Waals surface area contributed by atoms with Gasteiger partial charge in [0, 0.05) is 16.2 Å². The van der Waals surface area contributed by atoms with Crippen molar-refractivity contribution in [2.24, 2.45) is 0 Å². The van der Waals surface area contributed by atoms with E-state index in [1.165, 1.54) is 98.4 Å². The number of fused-ring (bicyclic) bond motifs is 11. The molecular formula is C56H34O. The maximum atomic E-state index is 6.65. The highest BCUT2D eigenvalue weighted by Crippen LogP contribution is 2.46. The lowest BCUT2D eigenvalue weighted by molar-refractivity contribution is 0.673. The first kappa shape index (κ1) is 31.8. The fourth-order valence-corrected chi connectivity index (χ4v) is 9.41. The van der Waals surface area contributed by atoms with Gasteiger partial charge in [0.1, 0.15) is 11.2 Å². The molecule has 0 fully saturated rings. The van der Waals surface area contributed by atoms with Gasteiger partial charge in [0.05, 0.1) is 0 Å². The minimum Gasteiger partial charge on any atom is -0.455 e. The van der Waals surface area contributed by atoms with Crippen LogP contribution in [0.25, 0.3) is 120 Å². The standard InChI is InChI=1S/C56H34O/c1-2-14-36-31-39(28-27-35(36)13-1)37-15-11-17-41(32-37)53-46-22-6-8-24-48(46)54(49-25-9-7-23-47(49)53)42-18-12-16-38(33-42)40-29-30-52-51(34-40)55-45-21-5-3-19-43(45)44-20-4-10-26-50(44)56(55)57-52/h1-34H. The SMILES string of the molecule is c1cc(-c2ccc3ccccc3c2)cc(-c2c3ccccc3c(-c3cccc(-c4ccc5oc6c7ccccc7c7ccccc7c6c5c4)c3)c3ccccc23)c1. The first-order valence-electron chi connectivity index (χ1n) is 19.7. The first-order valence-corrected chi connectivity index (χ1v) is 19.7. The van der Waals surface area contributed by atoms with Gasteiger partial charge >= 0.3 is 0 Å². The van der Waals surface area contributed by atoms with Crippen molar-refractivity contribution in [1.82, 2.24) is 0 Å². The molecule has 1 heterocycles. The molecule has 0 aliphatic heterocycles. The molecule has 57 heavy (non-hydrogen) atoms. The van der Waals surface area contributed by atoms with Gasteiger partial charge in [-0.15, -0.1) is 0 Å². The number of benzene rings is 11. The number of rotatable bonds is 4. The van der Waals surface area contributed by atoms with Gasteiger partial charge in [-0.3, -0.25) is 0 Å². The Labute approximate surface area is 329 Å². The van der Waals surface area contributed by atoms with Crippen LogP contribution < -0.4 is 0 Å². The summed E-state index contributed by atoms with van der Waals surface area (Å²) in [5, 5.41) is 14.6. The molecule has 12 rings (SSSR count). The molecule has 11 aromatic carbocycles. The molecule has 12 aromatic rings. The normalized spacial score (nSPS) is 11.9. The van der Waals surface area contributed by atoms with Crippen molar-refractivity contribution in [2.45, 2.75) is 0 Å². The minimum atomic E-state index is 0.906. The van der Waals surface area contributed by atoms with Crippen molar-refractivity contribution in [2.75, 3.05) is 0 Å². The third-order valence-electron chi connectivity index (χ3n) is 12.0. The summed E-state index contributed by atoms with van der Waals surface area (Å²) >= 11 is 0. The van der Waals surface area contributed by atoms with E-state index in [0.29, 0.717) is 0 Å². The monoisotopic (exact) mass is 722 g/mol. The van der Waals surface area contributed by atoms with Gasteiger partial charge in [-0.05, 0) is 123 Å². The smallest absolute Gasteiger partial charge is 0.143 e. The maximum absolute atomic E-state index is 6.65. The van der Waals surface area contributed by atoms with Crippen LogP contribution in [0.4, 0.5) is 0 Å². The van der Waals surface area contributed by atoms with Crippen LogP contribution in [-0.2, 0) is 0 Å². The van der Waals surface area contributed by atoms with E-state index in [9.17, 15) is 0 Å². The average Bonchev–Trinajstić information content (AvgIpc) is 3.68. The lowest BCUT2D eigenvalue weighted by atomic mass is 9.85. The second-order valence-corrected chi connectivity index (χ2v) is 15.2. The molecule has 0 atom stereocenters. The Morgan fingerprint density at radius 3 is 1.30 bits per heavy atom. The van der Waals surface area contributed by atoms with Crippen LogP contribution in [-0.4, -0.2) is 0 Å². The van der Waals surface area contributed by atoms with Crippen LogP contribution in [0, 0.1) is 0 Å². The molecule has 0 amide bonds. The van der Waals surface area contributed by atoms with E-state index in [-0.39, 0.29) is 0 Å². The van der Waals surface area contributed by atoms with Gasteiger partial charge in [-0.25, -0.2) is 0 Å². The van der Waals surface area contributed by atoms with Crippen molar-refractivity contribution in [3.63, 3.8) is 0 Å². The van der Waals surface area contributed by atoms with Crippen molar-refractivity contribution in [1.29, 1.82) is 0 Å². The van der Waals surface area contributed by atoms with E-state index >= 15 is 0 Å². The molecule has 0 aliphatic carbocycles. The molecule has 0 spiro atoms. The van der Waals surface area contributed by atoms with E-state index in [1.807, 2.05) is 0 Å². The summed E-state index contributed by atoms with van der Waals surface area (Å²) in [6.07, 6.45) is 0. The Kier molecular flexibility index (Phi) is 7.00. The third kappa shape index (κ3) is 4.96. The van der Waals surface area contributed by atoms with Crippen LogP contribution >= 0.6 is 0 Å². The third-order valence-corrected chi connectivity index (χ3v) is 12.0. The molecule has 0 radical (unpaired) electrons. The van der Waals surface area contributed by atoms with Crippen LogP contribution in [0.3, 0.4) is 0 Å². The zero-order valence-corrected chi connectivity index (χ0v) is 31.0. The highest BCUT2D eigenvalue weighted by Gasteiger charge is 2.19. The Balaban J connectivity index is 1.03. The second kappa shape index (κ2) is 12.5. The van der Waals surface area contributed by atoms with Crippen molar-refractivity contribution < 1.29 is 4.42 Å². The first-order chi connectivity index (χ1) is 28.3. The van der Waals surface area contributed by atoms with E-state index in [2.05, 4.69) is 206 Å². The lowest BCUT2D eigenvalue weighted by Gasteiger charge is -2.18. The summed E-state index contributed by atoms with van der Waals surface area (Å²) < 4.78 is 6.65. The lowest BCUT2D eigenvalue weighted by Crippen LogP contribution is -1.91. The fraction of sp³-hybridized carbons (Fsp3) is 0. The predicted molar refractivity (Wildman–Crippen MR) is 243 cm³/mol. The highest BCUT2D eigenvalue weighted by molar-refractivity contribution is 6.30. The Morgan fingerprint density at radius 1 is 0.246 bits per heavy atom. The summed E-state index contributed by atoms with van der Waals surface area (Å²) in [5.74, 6) is 0. The molecule has 0 N–H and O–H groups in total. The van der Waals surface area contributed by atoms with E-state index in [0.717, 1.165) is 21.9 Å². The number of hydrogen-bond donors (Lipinski definition) is 0. The van der Waals surface area contributed by atoms with Gasteiger partial charge in [-0.1, -0.05) is 176 Å². The fourth-order valence-electron chi connectivity index (χ4n) is 9.41. The van der Waals surface area contributed by atoms with Gasteiger partial charge in [0.25, 0.3) is 0 Å². The summed E-state index contributed by atoms with van der Waals surface area (Å²) in [7, 11) is 0. The predicted octanol–water partition coefficient (Wildman–Crippen LogP) is 16.0. The molecule has 1 heteroatoms. The summed E-state index contributed by atoms with van der Waals surface area (Å²) in [6, 6.07) is 75.3. The molecule has 1 aromatic heterocycles. The number of hydrogen-bond acceptors (Lipinski definition) is 1. The van der Waals surface area contributed by atoms with Gasteiger partial charge in [-0.2, -0.15) is 0 Å². The second-order valence-electron chi connectivity index (χ2n) is 15.2. The summed E-state index contributed by atoms with van der Waals surface area (Å²) in [4.78, 5) is 0.